The molecule has 6 nitrogen and oxygen atoms in total. The van der Waals surface area contributed by atoms with Crippen molar-refractivity contribution in [2.75, 3.05) is 0 Å². The van der Waals surface area contributed by atoms with E-state index in [4.69, 9.17) is 18.6 Å². The van der Waals surface area contributed by atoms with Crippen LogP contribution in [0.5, 0.6) is 23.0 Å². The molecule has 11 aromatic rings. The van der Waals surface area contributed by atoms with Gasteiger partial charge in [0.25, 0.3) is 0 Å². The van der Waals surface area contributed by atoms with E-state index < -0.39 is 12.3 Å². The maximum atomic E-state index is 8.81. The Bertz CT molecular complexity index is 3880. The van der Waals surface area contributed by atoms with Crippen LogP contribution in [0.2, 0.25) is 0 Å². The molecule has 2 aliphatic rings. The zero-order valence-corrected chi connectivity index (χ0v) is 36.7. The molecule has 308 valence electrons. The van der Waals surface area contributed by atoms with Crippen LogP contribution in [0.25, 0.3) is 66.6 Å². The van der Waals surface area contributed by atoms with Gasteiger partial charge in [-0.25, -0.2) is 0 Å². The Morgan fingerprint density at radius 3 is 2.03 bits per heavy atom. The van der Waals surface area contributed by atoms with Gasteiger partial charge >= 0.3 is 194 Å². The third kappa shape index (κ3) is 5.24. The summed E-state index contributed by atoms with van der Waals surface area (Å²) in [5, 5.41) is 1.99. The minimum absolute atomic E-state index is 0.223. The van der Waals surface area contributed by atoms with Gasteiger partial charge in [-0.2, -0.15) is 0 Å². The van der Waals surface area contributed by atoms with Crippen LogP contribution in [-0.2, 0) is 31.8 Å². The minimum Gasteiger partial charge on any atom is -0.457 e. The molecular formula is C57H38N4O2Pt. The van der Waals surface area contributed by atoms with Crippen molar-refractivity contribution < 1.29 is 32.9 Å². The molecule has 0 bridgehead atoms. The Kier molecular flexibility index (Phi) is 7.43. The first kappa shape index (κ1) is 34.0. The number of rotatable bonds is 5. The molecule has 64 heavy (non-hydrogen) atoms. The number of para-hydroxylation sites is 4. The first-order chi connectivity index (χ1) is 32.7. The Morgan fingerprint density at radius 1 is 0.547 bits per heavy atom. The van der Waals surface area contributed by atoms with E-state index in [1.165, 1.54) is 5.56 Å². The summed E-state index contributed by atoms with van der Waals surface area (Å²) in [6.45, 7) is -2.43. The van der Waals surface area contributed by atoms with Crippen molar-refractivity contribution in [2.24, 2.45) is 7.05 Å². The molecule has 7 heteroatoms. The molecule has 0 unspecified atom stereocenters. The zero-order valence-electron chi connectivity index (χ0n) is 37.4. The number of aryl methyl sites for hydroxylation is 2. The smallest absolute Gasteiger partial charge is 0.457 e. The van der Waals surface area contributed by atoms with Gasteiger partial charge in [-0.1, -0.05) is 91.0 Å². The molecule has 0 amide bonds. The normalized spacial score (nSPS) is 14.1. The fraction of sp³-hybridized carbons (Fsp3) is 0.0526. The monoisotopic (exact) mass is 1010 g/mol. The summed E-state index contributed by atoms with van der Waals surface area (Å²) in [6, 6.07) is 64.0. The van der Waals surface area contributed by atoms with Gasteiger partial charge in [0.05, 0.1) is 5.41 Å². The first-order valence-corrected chi connectivity index (χ1v) is 22.4. The molecular weight excluding hydrogens is 968 g/mol. The van der Waals surface area contributed by atoms with E-state index in [-0.39, 0.29) is 5.56 Å². The van der Waals surface area contributed by atoms with Crippen molar-refractivity contribution in [3.05, 3.63) is 226 Å². The van der Waals surface area contributed by atoms with E-state index in [0.29, 0.717) is 22.9 Å². The van der Waals surface area contributed by atoms with Crippen LogP contribution in [0.15, 0.2) is 194 Å². The van der Waals surface area contributed by atoms with Crippen LogP contribution >= 0.6 is 0 Å². The van der Waals surface area contributed by atoms with Crippen molar-refractivity contribution in [3.63, 3.8) is 0 Å². The molecule has 0 atom stereocenters. The van der Waals surface area contributed by atoms with E-state index in [1.54, 1.807) is 12.3 Å². The quantitative estimate of drug-likeness (QED) is 0.173. The Hall–Kier alpha value is -7.53. The van der Waals surface area contributed by atoms with Gasteiger partial charge in [0.1, 0.15) is 11.5 Å². The van der Waals surface area contributed by atoms with Gasteiger partial charge in [0.15, 0.2) is 0 Å². The van der Waals surface area contributed by atoms with E-state index >= 15 is 0 Å². The second kappa shape index (κ2) is 14.0. The number of imidazole rings is 1. The van der Waals surface area contributed by atoms with Crippen molar-refractivity contribution in [3.8, 4) is 56.8 Å². The fourth-order valence-electron chi connectivity index (χ4n) is 10.4. The van der Waals surface area contributed by atoms with E-state index in [9.17, 15) is 0 Å². The van der Waals surface area contributed by atoms with Crippen LogP contribution < -0.4 is 9.47 Å². The summed E-state index contributed by atoms with van der Waals surface area (Å²) in [5.41, 5.74) is 12.5. The fourth-order valence-corrected chi connectivity index (χ4v) is 11.2. The number of benzene rings is 8. The van der Waals surface area contributed by atoms with E-state index in [1.807, 2.05) is 66.7 Å². The summed E-state index contributed by atoms with van der Waals surface area (Å²) < 4.78 is 47.5. The molecule has 0 radical (unpaired) electrons. The predicted octanol–water partition coefficient (Wildman–Crippen LogP) is 13.8. The maximum absolute atomic E-state index is 8.81. The standard InChI is InChI=1S/C57H38N4O2.Pt/c1-36-29-56(58-34-45(36)37-15-4-3-5-16-37)61-52-31-40(62-39-18-14-17-38(30-39)60-35-59(2)50-23-10-11-24-51(50)60)27-28-42(52)44-32-43-41-19-6-7-20-46(41)57(49(43)33-53(44)61)47-21-8-12-25-54(47)63-55-26-13-9-22-48(55)57;/h3-34H,1-2H3;/i1D3;. The van der Waals surface area contributed by atoms with Crippen molar-refractivity contribution in [1.29, 1.82) is 0 Å². The Morgan fingerprint density at radius 2 is 1.23 bits per heavy atom. The molecule has 0 fully saturated rings. The van der Waals surface area contributed by atoms with Crippen LogP contribution in [-0.4, -0.2) is 18.7 Å². The molecule has 0 N–H and O–H groups in total. The van der Waals surface area contributed by atoms with E-state index in [2.05, 4.69) is 155 Å². The number of hydrogen-bond donors (Lipinski definition) is 0. The third-order valence-electron chi connectivity index (χ3n) is 13.1. The van der Waals surface area contributed by atoms with Gasteiger partial charge < -0.3 is 4.74 Å². The van der Waals surface area contributed by atoms with Gasteiger partial charge in [0, 0.05) is 27.0 Å². The summed E-state index contributed by atoms with van der Waals surface area (Å²) in [4.78, 5) is 5.12. The number of pyridine rings is 1. The summed E-state index contributed by atoms with van der Waals surface area (Å²) in [7, 11) is 2.08. The molecule has 4 heterocycles. The molecule has 0 saturated carbocycles. The van der Waals surface area contributed by atoms with Gasteiger partial charge in [-0.15, -0.1) is 0 Å². The number of ether oxygens (including phenoxy) is 2. The first-order valence-electron chi connectivity index (χ1n) is 22.7. The Labute approximate surface area is 384 Å². The average Bonchev–Trinajstić information content (AvgIpc) is 3.92. The Balaban J connectivity index is 1.07. The van der Waals surface area contributed by atoms with Gasteiger partial charge in [-0.3, -0.25) is 0 Å². The third-order valence-corrected chi connectivity index (χ3v) is 14.4. The molecule has 1 spiro atoms. The second-order valence-electron chi connectivity index (χ2n) is 16.5. The summed E-state index contributed by atoms with van der Waals surface area (Å²) >= 11 is 2.37. The van der Waals surface area contributed by atoms with Crippen LogP contribution in [0.4, 0.5) is 0 Å². The van der Waals surface area contributed by atoms with Crippen LogP contribution in [0.3, 0.4) is 0 Å². The van der Waals surface area contributed by atoms with Gasteiger partial charge in [0.2, 0.25) is 0 Å². The molecule has 3 aromatic heterocycles. The van der Waals surface area contributed by atoms with Crippen LogP contribution in [0, 0.1) is 10.7 Å². The van der Waals surface area contributed by atoms with E-state index in [0.717, 1.165) is 87.2 Å². The van der Waals surface area contributed by atoms with Crippen LogP contribution in [0.1, 0.15) is 31.9 Å². The SMILES string of the molecule is [2H]C([2H])([2H])c1cc(-n2c3cc(Oc4cccc(-n5[c](=[Pt])n(C)c6ccccc65)c4)ccc3c3cc4c(cc32)C2(c3ccccc3Oc3ccccc32)c2ccccc2-4)ncc1-c1ccccc1. The summed E-state index contributed by atoms with van der Waals surface area (Å²) in [6.07, 6.45) is 1.71. The number of aromatic nitrogens is 4. The molecule has 1 aliphatic carbocycles. The number of fused-ring (bicyclic) bond motifs is 13. The van der Waals surface area contributed by atoms with Crippen molar-refractivity contribution in [1.82, 2.24) is 18.7 Å². The van der Waals surface area contributed by atoms with Crippen molar-refractivity contribution >= 4 is 32.8 Å². The minimum atomic E-state index is -2.43. The summed E-state index contributed by atoms with van der Waals surface area (Å²) in [5.74, 6) is 3.42. The number of nitrogens with zero attached hydrogens (tertiary/aromatic N) is 4. The molecule has 1 aliphatic heterocycles. The molecule has 0 saturated heterocycles. The van der Waals surface area contributed by atoms with Gasteiger partial charge in [-0.05, 0) is 52.4 Å². The predicted molar refractivity (Wildman–Crippen MR) is 252 cm³/mol. The topological polar surface area (TPSA) is 46.1 Å². The number of hydrogen-bond acceptors (Lipinski definition) is 3. The second-order valence-corrected chi connectivity index (χ2v) is 17.5. The molecule has 8 aromatic carbocycles. The average molecular weight is 1010 g/mol. The zero-order chi connectivity index (χ0) is 45.2. The molecule has 13 rings (SSSR count). The van der Waals surface area contributed by atoms with Crippen molar-refractivity contribution in [2.45, 2.75) is 12.3 Å².